The summed E-state index contributed by atoms with van der Waals surface area (Å²) < 4.78 is 15.0. The molecule has 0 radical (unpaired) electrons. The number of para-hydroxylation sites is 1. The molecule has 1 amide bonds. The van der Waals surface area contributed by atoms with Crippen LogP contribution >= 0.6 is 12.2 Å². The molecule has 0 unspecified atom stereocenters. The van der Waals surface area contributed by atoms with E-state index < -0.39 is 0 Å². The normalized spacial score (nSPS) is 10.4. The van der Waals surface area contributed by atoms with Crippen LogP contribution in [0.2, 0.25) is 0 Å². The van der Waals surface area contributed by atoms with E-state index in [1.807, 2.05) is 18.2 Å². The molecule has 1 aromatic heterocycles. The van der Waals surface area contributed by atoms with E-state index in [4.69, 9.17) is 12.2 Å². The van der Waals surface area contributed by atoms with Gasteiger partial charge in [0.25, 0.3) is 5.91 Å². The maximum absolute atomic E-state index is 13.1. The monoisotopic (exact) mass is 313 g/mol. The van der Waals surface area contributed by atoms with E-state index in [1.165, 1.54) is 18.3 Å². The second-order valence-electron chi connectivity index (χ2n) is 4.61. The van der Waals surface area contributed by atoms with Gasteiger partial charge < -0.3 is 10.3 Å². The Kier molecular flexibility index (Phi) is 3.84. The molecule has 6 heteroatoms. The van der Waals surface area contributed by atoms with Crippen LogP contribution in [0.1, 0.15) is 10.5 Å². The number of hydrogen-bond donors (Lipinski definition) is 2. The Hall–Kier alpha value is -2.73. The molecule has 22 heavy (non-hydrogen) atoms. The Morgan fingerprint density at radius 3 is 2.45 bits per heavy atom. The lowest BCUT2D eigenvalue weighted by Gasteiger charge is -2.09. The van der Waals surface area contributed by atoms with E-state index in [-0.39, 0.29) is 11.7 Å². The van der Waals surface area contributed by atoms with Crippen LogP contribution in [0.15, 0.2) is 60.8 Å². The minimum Gasteiger partial charge on any atom is -0.336 e. The van der Waals surface area contributed by atoms with E-state index in [0.29, 0.717) is 21.8 Å². The molecule has 0 saturated carbocycles. The van der Waals surface area contributed by atoms with Gasteiger partial charge in [-0.3, -0.25) is 9.36 Å². The van der Waals surface area contributed by atoms with Crippen molar-refractivity contribution in [2.45, 2.75) is 0 Å². The van der Waals surface area contributed by atoms with Crippen LogP contribution in [-0.4, -0.2) is 15.5 Å². The maximum Gasteiger partial charge on any atom is 0.274 e. The van der Waals surface area contributed by atoms with E-state index in [1.54, 1.807) is 28.8 Å². The number of H-pyrrole nitrogens is 1. The average Bonchev–Trinajstić information content (AvgIpc) is 2.91. The third-order valence-corrected chi connectivity index (χ3v) is 3.43. The SMILES string of the molecule is O=C(Nc1ccccc1)c1c[nH]c(=S)n1-c1ccc(F)cc1. The molecule has 0 bridgehead atoms. The number of halogens is 1. The largest absolute Gasteiger partial charge is 0.336 e. The van der Waals surface area contributed by atoms with Crippen LogP contribution in [0.3, 0.4) is 0 Å². The molecule has 1 heterocycles. The van der Waals surface area contributed by atoms with Crippen LogP contribution in [-0.2, 0) is 0 Å². The van der Waals surface area contributed by atoms with E-state index in [9.17, 15) is 9.18 Å². The number of nitrogens with one attached hydrogen (secondary N) is 2. The third kappa shape index (κ3) is 2.82. The van der Waals surface area contributed by atoms with Crippen LogP contribution in [0.5, 0.6) is 0 Å². The molecule has 4 nitrogen and oxygen atoms in total. The lowest BCUT2D eigenvalue weighted by molar-refractivity contribution is 0.102. The number of hydrogen-bond acceptors (Lipinski definition) is 2. The maximum atomic E-state index is 13.1. The summed E-state index contributed by atoms with van der Waals surface area (Å²) in [5.41, 5.74) is 1.65. The molecule has 0 spiro atoms. The predicted molar refractivity (Wildman–Crippen MR) is 85.3 cm³/mol. The van der Waals surface area contributed by atoms with Gasteiger partial charge >= 0.3 is 0 Å². The molecule has 0 saturated heterocycles. The molecule has 3 aromatic rings. The van der Waals surface area contributed by atoms with Gasteiger partial charge in [-0.05, 0) is 48.6 Å². The number of benzene rings is 2. The van der Waals surface area contributed by atoms with Crippen LogP contribution in [0.4, 0.5) is 10.1 Å². The van der Waals surface area contributed by atoms with Gasteiger partial charge in [0.15, 0.2) is 4.77 Å². The van der Waals surface area contributed by atoms with Gasteiger partial charge in [-0.2, -0.15) is 0 Å². The Bertz CT molecular complexity index is 853. The minimum absolute atomic E-state index is 0.303. The van der Waals surface area contributed by atoms with Gasteiger partial charge in [0.2, 0.25) is 0 Å². The molecule has 0 fully saturated rings. The average molecular weight is 313 g/mol. The highest BCUT2D eigenvalue weighted by Gasteiger charge is 2.14. The van der Waals surface area contributed by atoms with Crippen molar-refractivity contribution in [2.75, 3.05) is 5.32 Å². The molecule has 110 valence electrons. The summed E-state index contributed by atoms with van der Waals surface area (Å²) in [5, 5.41) is 2.79. The van der Waals surface area contributed by atoms with Gasteiger partial charge in [-0.25, -0.2) is 4.39 Å². The number of anilines is 1. The number of rotatable bonds is 3. The third-order valence-electron chi connectivity index (χ3n) is 3.13. The van der Waals surface area contributed by atoms with Gasteiger partial charge in [0, 0.05) is 17.6 Å². The fraction of sp³-hybridized carbons (Fsp3) is 0. The highest BCUT2D eigenvalue weighted by atomic mass is 32.1. The zero-order valence-electron chi connectivity index (χ0n) is 11.4. The molecule has 0 aliphatic rings. The summed E-state index contributed by atoms with van der Waals surface area (Å²) in [4.78, 5) is 15.3. The first kappa shape index (κ1) is 14.2. The second-order valence-corrected chi connectivity index (χ2v) is 5.00. The Morgan fingerprint density at radius 1 is 1.09 bits per heavy atom. The second kappa shape index (κ2) is 5.95. The molecular weight excluding hydrogens is 301 g/mol. The fourth-order valence-corrected chi connectivity index (χ4v) is 2.36. The number of nitrogens with zero attached hydrogens (tertiary/aromatic N) is 1. The first-order chi connectivity index (χ1) is 10.6. The first-order valence-corrected chi connectivity index (χ1v) is 6.99. The zero-order valence-corrected chi connectivity index (χ0v) is 12.2. The molecule has 2 N–H and O–H groups in total. The van der Waals surface area contributed by atoms with Crippen molar-refractivity contribution in [3.05, 3.63) is 77.1 Å². The van der Waals surface area contributed by atoms with Crippen molar-refractivity contribution in [2.24, 2.45) is 0 Å². The quantitative estimate of drug-likeness (QED) is 0.720. The number of aromatic nitrogens is 2. The molecular formula is C16H12FN3OS. The van der Waals surface area contributed by atoms with Crippen LogP contribution in [0.25, 0.3) is 5.69 Å². The van der Waals surface area contributed by atoms with Gasteiger partial charge in [0.05, 0.1) is 0 Å². The molecule has 0 aliphatic carbocycles. The summed E-state index contributed by atoms with van der Waals surface area (Å²) in [6.45, 7) is 0. The van der Waals surface area contributed by atoms with Crippen LogP contribution in [0, 0.1) is 10.6 Å². The lowest BCUT2D eigenvalue weighted by atomic mass is 10.3. The molecule has 3 rings (SSSR count). The summed E-state index contributed by atoms with van der Waals surface area (Å²) in [7, 11) is 0. The Balaban J connectivity index is 1.97. The predicted octanol–water partition coefficient (Wildman–Crippen LogP) is 3.93. The summed E-state index contributed by atoms with van der Waals surface area (Å²) in [6, 6.07) is 14.9. The Morgan fingerprint density at radius 2 is 1.77 bits per heavy atom. The Labute approximate surface area is 131 Å². The van der Waals surface area contributed by atoms with Crippen LogP contribution < -0.4 is 5.32 Å². The number of carbonyl (C=O) groups excluding carboxylic acids is 1. The van der Waals surface area contributed by atoms with Gasteiger partial charge in [-0.15, -0.1) is 0 Å². The van der Waals surface area contributed by atoms with Gasteiger partial charge in [0.1, 0.15) is 11.5 Å². The summed E-state index contributed by atoms with van der Waals surface area (Å²) in [5.74, 6) is -0.649. The minimum atomic E-state index is -0.346. The summed E-state index contributed by atoms with van der Waals surface area (Å²) >= 11 is 5.21. The molecule has 2 aromatic carbocycles. The number of imidazole rings is 1. The van der Waals surface area contributed by atoms with Crippen molar-refractivity contribution in [1.82, 2.24) is 9.55 Å². The molecule has 0 aliphatic heterocycles. The number of amides is 1. The fourth-order valence-electron chi connectivity index (χ4n) is 2.10. The van der Waals surface area contributed by atoms with Crippen molar-refractivity contribution in [1.29, 1.82) is 0 Å². The van der Waals surface area contributed by atoms with E-state index >= 15 is 0 Å². The highest BCUT2D eigenvalue weighted by Crippen LogP contribution is 2.15. The van der Waals surface area contributed by atoms with E-state index in [2.05, 4.69) is 10.3 Å². The highest BCUT2D eigenvalue weighted by molar-refractivity contribution is 7.71. The molecule has 0 atom stereocenters. The standard InChI is InChI=1S/C16H12FN3OS/c17-11-6-8-13(9-7-11)20-14(10-18-16(20)22)15(21)19-12-4-2-1-3-5-12/h1-10H,(H,18,22)(H,19,21). The topological polar surface area (TPSA) is 49.8 Å². The van der Waals surface area contributed by atoms with Gasteiger partial charge in [-0.1, -0.05) is 18.2 Å². The lowest BCUT2D eigenvalue weighted by Crippen LogP contribution is -2.16. The smallest absolute Gasteiger partial charge is 0.274 e. The summed E-state index contributed by atoms with van der Waals surface area (Å²) in [6.07, 6.45) is 1.53. The van der Waals surface area contributed by atoms with Crippen molar-refractivity contribution in [3.63, 3.8) is 0 Å². The first-order valence-electron chi connectivity index (χ1n) is 6.58. The van der Waals surface area contributed by atoms with Crippen molar-refractivity contribution >= 4 is 23.8 Å². The van der Waals surface area contributed by atoms with Crippen molar-refractivity contribution in [3.8, 4) is 5.69 Å². The number of aromatic amines is 1. The van der Waals surface area contributed by atoms with Crippen molar-refractivity contribution < 1.29 is 9.18 Å². The van der Waals surface area contributed by atoms with E-state index in [0.717, 1.165) is 0 Å². The number of carbonyl (C=O) groups is 1. The zero-order chi connectivity index (χ0) is 15.5.